The third kappa shape index (κ3) is 3.98. The van der Waals surface area contributed by atoms with Crippen LogP contribution < -0.4 is 10.1 Å². The SMILES string of the molecule is Fc1cccc2nc3c(c(NCCC(c4ccccc4)c4ccccc4)c12)CCCO3. The monoisotopic (exact) mass is 412 g/mol. The van der Waals surface area contributed by atoms with Crippen LogP contribution in [-0.2, 0) is 6.42 Å². The van der Waals surface area contributed by atoms with Crippen LogP contribution in [0.25, 0.3) is 10.9 Å². The highest BCUT2D eigenvalue weighted by atomic mass is 19.1. The summed E-state index contributed by atoms with van der Waals surface area (Å²) >= 11 is 0. The van der Waals surface area contributed by atoms with E-state index in [4.69, 9.17) is 4.74 Å². The Morgan fingerprint density at radius 2 is 1.61 bits per heavy atom. The maximum absolute atomic E-state index is 14.8. The number of hydrogen-bond acceptors (Lipinski definition) is 3. The summed E-state index contributed by atoms with van der Waals surface area (Å²) in [6.45, 7) is 1.37. The molecule has 3 nitrogen and oxygen atoms in total. The Morgan fingerprint density at radius 1 is 0.903 bits per heavy atom. The maximum Gasteiger partial charge on any atom is 0.219 e. The van der Waals surface area contributed by atoms with E-state index in [0.29, 0.717) is 29.9 Å². The van der Waals surface area contributed by atoms with Crippen LogP contribution in [0.4, 0.5) is 10.1 Å². The maximum atomic E-state index is 14.8. The Labute approximate surface area is 181 Å². The van der Waals surface area contributed by atoms with Crippen LogP contribution in [0.15, 0.2) is 78.9 Å². The second-order valence-corrected chi connectivity index (χ2v) is 7.95. The lowest BCUT2D eigenvalue weighted by molar-refractivity contribution is 0.278. The second-order valence-electron chi connectivity index (χ2n) is 7.95. The van der Waals surface area contributed by atoms with Crippen molar-refractivity contribution in [3.8, 4) is 5.88 Å². The van der Waals surface area contributed by atoms with E-state index in [1.807, 2.05) is 18.2 Å². The van der Waals surface area contributed by atoms with Gasteiger partial charge in [-0.3, -0.25) is 0 Å². The minimum absolute atomic E-state index is 0.247. The molecule has 2 heterocycles. The molecule has 5 rings (SSSR count). The number of halogens is 1. The first-order valence-electron chi connectivity index (χ1n) is 10.9. The highest BCUT2D eigenvalue weighted by molar-refractivity contribution is 5.94. The van der Waals surface area contributed by atoms with Crippen molar-refractivity contribution in [1.29, 1.82) is 0 Å². The zero-order valence-electron chi connectivity index (χ0n) is 17.4. The van der Waals surface area contributed by atoms with Gasteiger partial charge in [-0.25, -0.2) is 9.37 Å². The van der Waals surface area contributed by atoms with E-state index >= 15 is 0 Å². The Hall–Kier alpha value is -3.40. The molecule has 1 N–H and O–H groups in total. The number of hydrogen-bond donors (Lipinski definition) is 1. The van der Waals surface area contributed by atoms with E-state index in [9.17, 15) is 4.39 Å². The predicted molar refractivity (Wildman–Crippen MR) is 123 cm³/mol. The molecule has 4 heteroatoms. The standard InChI is InChI=1S/C27H25FN2O/c28-23-14-7-15-24-25(23)26(22-13-8-18-31-27(22)30-24)29-17-16-21(19-9-3-1-4-10-19)20-11-5-2-6-12-20/h1-7,9-12,14-15,21H,8,13,16-18H2,(H,29,30). The number of nitrogens with zero attached hydrogens (tertiary/aromatic N) is 1. The topological polar surface area (TPSA) is 34.2 Å². The zero-order chi connectivity index (χ0) is 21.0. The van der Waals surface area contributed by atoms with Gasteiger partial charge >= 0.3 is 0 Å². The first kappa shape index (κ1) is 19.6. The van der Waals surface area contributed by atoms with Crippen molar-refractivity contribution in [2.45, 2.75) is 25.2 Å². The van der Waals surface area contributed by atoms with E-state index in [2.05, 4.69) is 58.8 Å². The van der Waals surface area contributed by atoms with E-state index < -0.39 is 0 Å². The van der Waals surface area contributed by atoms with Gasteiger partial charge in [0, 0.05) is 18.0 Å². The summed E-state index contributed by atoms with van der Waals surface area (Å²) in [6.07, 6.45) is 2.65. The quantitative estimate of drug-likeness (QED) is 0.402. The number of rotatable bonds is 6. The molecular formula is C27H25FN2O. The van der Waals surface area contributed by atoms with Gasteiger partial charge in [0.2, 0.25) is 5.88 Å². The summed E-state index contributed by atoms with van der Waals surface area (Å²) in [4.78, 5) is 4.57. The molecule has 0 saturated carbocycles. The van der Waals surface area contributed by atoms with Crippen molar-refractivity contribution in [1.82, 2.24) is 4.98 Å². The molecule has 1 aliphatic rings. The summed E-state index contributed by atoms with van der Waals surface area (Å²) in [7, 11) is 0. The highest BCUT2D eigenvalue weighted by Gasteiger charge is 2.22. The van der Waals surface area contributed by atoms with Gasteiger partial charge in [-0.2, -0.15) is 0 Å². The summed E-state index contributed by atoms with van der Waals surface area (Å²) in [5, 5.41) is 4.12. The molecule has 0 atom stereocenters. The summed E-state index contributed by atoms with van der Waals surface area (Å²) in [5.74, 6) is 0.651. The van der Waals surface area contributed by atoms with Crippen LogP contribution in [0, 0.1) is 5.82 Å². The molecule has 0 radical (unpaired) electrons. The second kappa shape index (κ2) is 8.76. The Kier molecular flexibility index (Phi) is 5.53. The molecule has 0 amide bonds. The Bertz CT molecular complexity index is 1140. The predicted octanol–water partition coefficient (Wildman–Crippen LogP) is 6.33. The first-order chi connectivity index (χ1) is 15.3. The summed E-state index contributed by atoms with van der Waals surface area (Å²) in [5.41, 5.74) is 5.02. The Morgan fingerprint density at radius 3 is 2.32 bits per heavy atom. The first-order valence-corrected chi connectivity index (χ1v) is 10.9. The van der Waals surface area contributed by atoms with Crippen LogP contribution in [0.5, 0.6) is 5.88 Å². The fourth-order valence-corrected chi connectivity index (χ4v) is 4.49. The van der Waals surface area contributed by atoms with Crippen LogP contribution in [0.3, 0.4) is 0 Å². The van der Waals surface area contributed by atoms with Gasteiger partial charge < -0.3 is 10.1 Å². The van der Waals surface area contributed by atoms with E-state index in [-0.39, 0.29) is 11.7 Å². The van der Waals surface area contributed by atoms with Gasteiger partial charge in [0.1, 0.15) is 5.82 Å². The number of ether oxygens (including phenoxy) is 1. The third-order valence-electron chi connectivity index (χ3n) is 5.97. The van der Waals surface area contributed by atoms with Crippen molar-refractivity contribution in [2.75, 3.05) is 18.5 Å². The fraction of sp³-hybridized carbons (Fsp3) is 0.222. The summed E-state index contributed by atoms with van der Waals surface area (Å²) < 4.78 is 20.6. The highest BCUT2D eigenvalue weighted by Crippen LogP contribution is 2.37. The third-order valence-corrected chi connectivity index (χ3v) is 5.97. The van der Waals surface area contributed by atoms with Crippen LogP contribution in [0.2, 0.25) is 0 Å². The van der Waals surface area contributed by atoms with Gasteiger partial charge in [0.05, 0.1) is 23.2 Å². The number of fused-ring (bicyclic) bond motifs is 2. The molecular weight excluding hydrogens is 387 g/mol. The largest absolute Gasteiger partial charge is 0.477 e. The van der Waals surface area contributed by atoms with Gasteiger partial charge in [-0.05, 0) is 42.5 Å². The molecule has 4 aromatic rings. The van der Waals surface area contributed by atoms with E-state index in [1.54, 1.807) is 6.07 Å². The zero-order valence-corrected chi connectivity index (χ0v) is 17.4. The molecule has 0 bridgehead atoms. The van der Waals surface area contributed by atoms with Crippen molar-refractivity contribution in [3.05, 3.63) is 101 Å². The van der Waals surface area contributed by atoms with Crippen molar-refractivity contribution in [2.24, 2.45) is 0 Å². The van der Waals surface area contributed by atoms with Gasteiger partial charge in [-0.1, -0.05) is 66.7 Å². The smallest absolute Gasteiger partial charge is 0.219 e. The lowest BCUT2D eigenvalue weighted by Gasteiger charge is -2.23. The van der Waals surface area contributed by atoms with Crippen LogP contribution in [0.1, 0.15) is 35.4 Å². The van der Waals surface area contributed by atoms with E-state index in [0.717, 1.165) is 30.5 Å². The molecule has 0 unspecified atom stereocenters. The number of benzene rings is 3. The van der Waals surface area contributed by atoms with Crippen molar-refractivity contribution >= 4 is 16.6 Å². The van der Waals surface area contributed by atoms with Crippen LogP contribution >= 0.6 is 0 Å². The molecule has 0 spiro atoms. The molecule has 1 aliphatic heterocycles. The van der Waals surface area contributed by atoms with Gasteiger partial charge in [0.15, 0.2) is 0 Å². The molecule has 0 fully saturated rings. The average Bonchev–Trinajstić information content (AvgIpc) is 2.82. The summed E-state index contributed by atoms with van der Waals surface area (Å²) in [6, 6.07) is 26.2. The van der Waals surface area contributed by atoms with Gasteiger partial charge in [0.25, 0.3) is 0 Å². The number of anilines is 1. The lowest BCUT2D eigenvalue weighted by atomic mass is 9.88. The fourth-order valence-electron chi connectivity index (χ4n) is 4.49. The molecule has 3 aromatic carbocycles. The van der Waals surface area contributed by atoms with E-state index in [1.165, 1.54) is 17.2 Å². The lowest BCUT2D eigenvalue weighted by Crippen LogP contribution is -2.16. The molecule has 156 valence electrons. The van der Waals surface area contributed by atoms with Crippen molar-refractivity contribution < 1.29 is 9.13 Å². The minimum Gasteiger partial charge on any atom is -0.477 e. The molecule has 31 heavy (non-hydrogen) atoms. The molecule has 0 aliphatic carbocycles. The number of nitrogens with one attached hydrogen (secondary N) is 1. The molecule has 0 saturated heterocycles. The normalized spacial score (nSPS) is 13.1. The average molecular weight is 413 g/mol. The number of aromatic nitrogens is 1. The minimum atomic E-state index is -0.247. The van der Waals surface area contributed by atoms with Crippen molar-refractivity contribution in [3.63, 3.8) is 0 Å². The van der Waals surface area contributed by atoms with Gasteiger partial charge in [-0.15, -0.1) is 0 Å². The number of pyridine rings is 1. The Balaban J connectivity index is 1.46. The van der Waals surface area contributed by atoms with Crippen LogP contribution in [-0.4, -0.2) is 18.1 Å². The molecule has 1 aromatic heterocycles.